The average molecular weight is 200 g/mol. The molecular formula is C9H14ClN3. The van der Waals surface area contributed by atoms with Crippen molar-refractivity contribution in [3.63, 3.8) is 0 Å². The van der Waals surface area contributed by atoms with Gasteiger partial charge in [-0.25, -0.2) is 0 Å². The fourth-order valence-corrected chi connectivity index (χ4v) is 1.17. The highest BCUT2D eigenvalue weighted by Gasteiger charge is 2.14. The number of rotatable bonds is 3. The minimum Gasteiger partial charge on any atom is -0.326 e. The van der Waals surface area contributed by atoms with E-state index in [4.69, 9.17) is 23.1 Å². The Bertz CT molecular complexity index is 260. The lowest BCUT2D eigenvalue weighted by atomic mass is 10.0. The van der Waals surface area contributed by atoms with Crippen molar-refractivity contribution in [2.45, 2.75) is 25.4 Å². The second-order valence-electron chi connectivity index (χ2n) is 3.00. The maximum absolute atomic E-state index is 5.87. The van der Waals surface area contributed by atoms with Gasteiger partial charge in [0.2, 0.25) is 0 Å². The van der Waals surface area contributed by atoms with Crippen molar-refractivity contribution >= 4 is 11.6 Å². The van der Waals surface area contributed by atoms with E-state index in [1.54, 1.807) is 12.3 Å². The summed E-state index contributed by atoms with van der Waals surface area (Å²) in [6.45, 7) is 2.00. The quantitative estimate of drug-likeness (QED) is 0.775. The van der Waals surface area contributed by atoms with Crippen molar-refractivity contribution in [3.05, 3.63) is 29.0 Å². The van der Waals surface area contributed by atoms with E-state index in [1.165, 1.54) is 0 Å². The fourth-order valence-electron chi connectivity index (χ4n) is 1.06. The summed E-state index contributed by atoms with van der Waals surface area (Å²) in [5, 5.41) is 0.612. The Morgan fingerprint density at radius 3 is 2.62 bits per heavy atom. The van der Waals surface area contributed by atoms with Crippen LogP contribution >= 0.6 is 11.6 Å². The lowest BCUT2D eigenvalue weighted by molar-refractivity contribution is 0.522. The molecule has 0 radical (unpaired) electrons. The van der Waals surface area contributed by atoms with Gasteiger partial charge in [0, 0.05) is 12.2 Å². The molecule has 0 saturated heterocycles. The van der Waals surface area contributed by atoms with E-state index in [-0.39, 0.29) is 12.1 Å². The molecule has 0 aliphatic rings. The second kappa shape index (κ2) is 4.56. The van der Waals surface area contributed by atoms with Crippen LogP contribution < -0.4 is 11.5 Å². The zero-order chi connectivity index (χ0) is 9.84. The molecule has 13 heavy (non-hydrogen) atoms. The molecule has 0 amide bonds. The molecule has 0 aromatic carbocycles. The number of pyridine rings is 1. The van der Waals surface area contributed by atoms with Crippen LogP contribution in [0.15, 0.2) is 18.3 Å². The molecule has 2 atom stereocenters. The third-order valence-electron chi connectivity index (χ3n) is 2.02. The Balaban J connectivity index is 2.77. The Morgan fingerprint density at radius 2 is 2.15 bits per heavy atom. The van der Waals surface area contributed by atoms with Crippen LogP contribution in [0.25, 0.3) is 0 Å². The minimum absolute atomic E-state index is 0.0475. The van der Waals surface area contributed by atoms with Crippen LogP contribution in [0, 0.1) is 0 Å². The summed E-state index contributed by atoms with van der Waals surface area (Å²) in [5.74, 6) is 0. The van der Waals surface area contributed by atoms with Crippen molar-refractivity contribution in [3.8, 4) is 0 Å². The van der Waals surface area contributed by atoms with Crippen molar-refractivity contribution in [1.29, 1.82) is 0 Å². The van der Waals surface area contributed by atoms with Gasteiger partial charge in [0.1, 0.15) is 0 Å². The van der Waals surface area contributed by atoms with Crippen molar-refractivity contribution in [2.24, 2.45) is 11.5 Å². The minimum atomic E-state index is -0.206. The number of nitrogens with two attached hydrogens (primary N) is 2. The first kappa shape index (κ1) is 10.4. The Morgan fingerprint density at radius 1 is 1.46 bits per heavy atom. The molecule has 1 heterocycles. The van der Waals surface area contributed by atoms with Crippen LogP contribution in [-0.4, -0.2) is 11.0 Å². The first-order valence-corrected chi connectivity index (χ1v) is 4.65. The molecule has 4 heteroatoms. The van der Waals surface area contributed by atoms with Crippen molar-refractivity contribution < 1.29 is 0 Å². The average Bonchev–Trinajstić information content (AvgIpc) is 2.17. The number of nitrogens with zero attached hydrogens (tertiary/aromatic N) is 1. The van der Waals surface area contributed by atoms with E-state index in [0.717, 1.165) is 12.1 Å². The van der Waals surface area contributed by atoms with Crippen LogP contribution in [0.1, 0.15) is 25.1 Å². The van der Waals surface area contributed by atoms with Gasteiger partial charge in [-0.15, -0.1) is 0 Å². The third-order valence-corrected chi connectivity index (χ3v) is 2.25. The zero-order valence-electron chi connectivity index (χ0n) is 7.57. The van der Waals surface area contributed by atoms with Gasteiger partial charge in [0.25, 0.3) is 0 Å². The van der Waals surface area contributed by atoms with Crippen LogP contribution in [-0.2, 0) is 0 Å². The second-order valence-corrected chi connectivity index (χ2v) is 3.44. The first-order chi connectivity index (χ1) is 6.15. The molecule has 2 unspecified atom stereocenters. The maximum atomic E-state index is 5.87. The van der Waals surface area contributed by atoms with E-state index < -0.39 is 0 Å². The molecule has 0 bridgehead atoms. The van der Waals surface area contributed by atoms with E-state index in [2.05, 4.69) is 4.98 Å². The van der Waals surface area contributed by atoms with Gasteiger partial charge in [0.15, 0.2) is 0 Å². The predicted molar refractivity (Wildman–Crippen MR) is 54.4 cm³/mol. The molecular weight excluding hydrogens is 186 g/mol. The van der Waals surface area contributed by atoms with Gasteiger partial charge in [0.05, 0.1) is 16.8 Å². The summed E-state index contributed by atoms with van der Waals surface area (Å²) in [5.41, 5.74) is 12.4. The molecule has 72 valence electrons. The van der Waals surface area contributed by atoms with Gasteiger partial charge in [-0.2, -0.15) is 0 Å². The summed E-state index contributed by atoms with van der Waals surface area (Å²) in [7, 11) is 0. The third kappa shape index (κ3) is 2.66. The number of halogens is 1. The molecule has 3 nitrogen and oxygen atoms in total. The molecule has 0 aliphatic heterocycles. The molecule has 1 rings (SSSR count). The Hall–Kier alpha value is -0.640. The van der Waals surface area contributed by atoms with Crippen LogP contribution in [0.3, 0.4) is 0 Å². The SMILES string of the molecule is CCC(N)C(N)c1ccc(Cl)cn1. The van der Waals surface area contributed by atoms with Crippen LogP contribution in [0.5, 0.6) is 0 Å². The van der Waals surface area contributed by atoms with E-state index in [9.17, 15) is 0 Å². The van der Waals surface area contributed by atoms with Gasteiger partial charge >= 0.3 is 0 Å². The lowest BCUT2D eigenvalue weighted by Crippen LogP contribution is -2.33. The Labute approximate surface area is 83.1 Å². The smallest absolute Gasteiger partial charge is 0.0623 e. The number of aromatic nitrogens is 1. The van der Waals surface area contributed by atoms with Crippen molar-refractivity contribution in [2.75, 3.05) is 0 Å². The maximum Gasteiger partial charge on any atom is 0.0623 e. The highest BCUT2D eigenvalue weighted by atomic mass is 35.5. The summed E-state index contributed by atoms with van der Waals surface area (Å²) < 4.78 is 0. The Kier molecular flexibility index (Phi) is 3.66. The summed E-state index contributed by atoms with van der Waals surface area (Å²) in [4.78, 5) is 4.11. The monoisotopic (exact) mass is 199 g/mol. The highest BCUT2D eigenvalue weighted by molar-refractivity contribution is 6.30. The fraction of sp³-hybridized carbons (Fsp3) is 0.444. The topological polar surface area (TPSA) is 64.9 Å². The molecule has 0 fully saturated rings. The largest absolute Gasteiger partial charge is 0.326 e. The summed E-state index contributed by atoms with van der Waals surface area (Å²) in [6, 6.07) is 3.32. The molecule has 1 aromatic rings. The van der Waals surface area contributed by atoms with Gasteiger partial charge < -0.3 is 11.5 Å². The molecule has 0 aliphatic carbocycles. The molecule has 0 spiro atoms. The van der Waals surface area contributed by atoms with Gasteiger partial charge in [-0.3, -0.25) is 4.98 Å². The van der Waals surface area contributed by atoms with E-state index in [0.29, 0.717) is 5.02 Å². The normalized spacial score (nSPS) is 15.4. The van der Waals surface area contributed by atoms with Crippen molar-refractivity contribution in [1.82, 2.24) is 4.98 Å². The summed E-state index contributed by atoms with van der Waals surface area (Å²) >= 11 is 5.70. The molecule has 0 saturated carbocycles. The van der Waals surface area contributed by atoms with E-state index >= 15 is 0 Å². The number of hydrogen-bond donors (Lipinski definition) is 2. The van der Waals surface area contributed by atoms with Crippen LogP contribution in [0.2, 0.25) is 5.02 Å². The van der Waals surface area contributed by atoms with Gasteiger partial charge in [-0.05, 0) is 18.6 Å². The molecule has 4 N–H and O–H groups in total. The van der Waals surface area contributed by atoms with Gasteiger partial charge in [-0.1, -0.05) is 18.5 Å². The lowest BCUT2D eigenvalue weighted by Gasteiger charge is -2.17. The zero-order valence-corrected chi connectivity index (χ0v) is 8.33. The number of hydrogen-bond acceptors (Lipinski definition) is 3. The predicted octanol–water partition coefficient (Wildman–Crippen LogP) is 1.47. The van der Waals surface area contributed by atoms with E-state index in [1.807, 2.05) is 13.0 Å². The summed E-state index contributed by atoms with van der Waals surface area (Å²) in [6.07, 6.45) is 2.42. The first-order valence-electron chi connectivity index (χ1n) is 4.27. The molecule has 1 aromatic heterocycles. The highest BCUT2D eigenvalue weighted by Crippen LogP contribution is 2.14. The van der Waals surface area contributed by atoms with Crippen LogP contribution in [0.4, 0.5) is 0 Å². The standard InChI is InChI=1S/C9H14ClN3/c1-2-7(11)9(12)8-4-3-6(10)5-13-8/h3-5,7,9H,2,11-12H2,1H3.